The number of aromatic nitrogens is 1. The van der Waals surface area contributed by atoms with Crippen LogP contribution in [0.2, 0.25) is 0 Å². The van der Waals surface area contributed by atoms with E-state index in [2.05, 4.69) is 10.9 Å². The van der Waals surface area contributed by atoms with Gasteiger partial charge in [-0.3, -0.25) is 0 Å². The third-order valence-corrected chi connectivity index (χ3v) is 6.26. The Morgan fingerprint density at radius 1 is 1.03 bits per heavy atom. The quantitative estimate of drug-likeness (QED) is 0.213. The van der Waals surface area contributed by atoms with Crippen LogP contribution >= 0.6 is 0 Å². The van der Waals surface area contributed by atoms with Gasteiger partial charge in [-0.05, 0) is 61.2 Å². The Balaban J connectivity index is 1.98. The first kappa shape index (κ1) is 15.8. The van der Waals surface area contributed by atoms with Crippen molar-refractivity contribution in [1.29, 1.82) is 0 Å². The zero-order chi connectivity index (χ0) is 25.9. The second kappa shape index (κ2) is 7.35. The molecule has 32 heavy (non-hydrogen) atoms. The highest BCUT2D eigenvalue weighted by Crippen LogP contribution is 2.44. The van der Waals surface area contributed by atoms with Crippen LogP contribution in [0.3, 0.4) is 0 Å². The number of benzene rings is 3. The summed E-state index contributed by atoms with van der Waals surface area (Å²) < 4.78 is 41.3. The Morgan fingerprint density at radius 2 is 1.81 bits per heavy atom. The molecular weight excluding hydrogens is 392 g/mol. The lowest BCUT2D eigenvalue weighted by Crippen LogP contribution is -2.36. The SMILES string of the molecule is [2H]c1c(C)c(C([2H])([2H])[2H])c(C)[n+](C)c1-c1c(C)cc(-c2ccccc2)c2c1oc1ccc([N+]#[C-])cc12. The maximum atomic E-state index is 9.03. The van der Waals surface area contributed by atoms with E-state index in [1.165, 1.54) is 0 Å². The molecule has 2 aromatic heterocycles. The van der Waals surface area contributed by atoms with Crippen molar-refractivity contribution in [1.82, 2.24) is 0 Å². The lowest BCUT2D eigenvalue weighted by molar-refractivity contribution is -0.667. The number of rotatable bonds is 2. The summed E-state index contributed by atoms with van der Waals surface area (Å²) in [5.41, 5.74) is 7.30. The van der Waals surface area contributed by atoms with E-state index in [-0.39, 0.29) is 11.6 Å². The average Bonchev–Trinajstić information content (AvgIpc) is 3.22. The molecule has 5 aromatic rings. The highest BCUT2D eigenvalue weighted by Gasteiger charge is 2.25. The first-order valence-electron chi connectivity index (χ1n) is 12.5. The zero-order valence-corrected chi connectivity index (χ0v) is 18.5. The van der Waals surface area contributed by atoms with Gasteiger partial charge >= 0.3 is 0 Å². The molecule has 0 radical (unpaired) electrons. The van der Waals surface area contributed by atoms with E-state index in [1.807, 2.05) is 49.4 Å². The van der Waals surface area contributed by atoms with E-state index in [1.54, 1.807) is 31.5 Å². The number of furan rings is 1. The molecule has 0 N–H and O–H groups in total. The van der Waals surface area contributed by atoms with E-state index in [4.69, 9.17) is 16.5 Å². The molecule has 2 heterocycles. The fourth-order valence-corrected chi connectivity index (χ4v) is 4.44. The second-order valence-corrected chi connectivity index (χ2v) is 8.20. The van der Waals surface area contributed by atoms with Crippen molar-refractivity contribution in [3.05, 3.63) is 94.4 Å². The van der Waals surface area contributed by atoms with Crippen LogP contribution in [0.1, 0.15) is 27.9 Å². The summed E-state index contributed by atoms with van der Waals surface area (Å²) in [6.07, 6.45) is 0. The second-order valence-electron chi connectivity index (χ2n) is 8.20. The van der Waals surface area contributed by atoms with Crippen LogP contribution in [-0.4, -0.2) is 0 Å². The van der Waals surface area contributed by atoms with Crippen LogP contribution in [-0.2, 0) is 7.05 Å². The lowest BCUT2D eigenvalue weighted by Gasteiger charge is -2.13. The van der Waals surface area contributed by atoms with Crippen LogP contribution < -0.4 is 4.57 Å². The first-order valence-corrected chi connectivity index (χ1v) is 10.5. The minimum Gasteiger partial charge on any atom is -0.455 e. The van der Waals surface area contributed by atoms with Gasteiger partial charge in [-0.1, -0.05) is 36.4 Å². The van der Waals surface area contributed by atoms with Gasteiger partial charge in [0.25, 0.3) is 0 Å². The minimum absolute atomic E-state index is 0.161. The highest BCUT2D eigenvalue weighted by molar-refractivity contribution is 6.17. The van der Waals surface area contributed by atoms with Gasteiger partial charge in [-0.15, -0.1) is 0 Å². The smallest absolute Gasteiger partial charge is 0.216 e. The Labute approximate surface area is 194 Å². The predicted molar refractivity (Wildman–Crippen MR) is 131 cm³/mol. The molecule has 3 nitrogen and oxygen atoms in total. The molecule has 0 amide bonds. The third-order valence-electron chi connectivity index (χ3n) is 6.26. The number of fused-ring (bicyclic) bond motifs is 3. The summed E-state index contributed by atoms with van der Waals surface area (Å²) in [7, 11) is 1.80. The molecule has 0 aliphatic carbocycles. The van der Waals surface area contributed by atoms with Gasteiger partial charge in [0.2, 0.25) is 5.69 Å². The molecule has 0 bridgehead atoms. The van der Waals surface area contributed by atoms with Crippen molar-refractivity contribution in [3.8, 4) is 22.4 Å². The van der Waals surface area contributed by atoms with Gasteiger partial charge in [0, 0.05) is 33.4 Å². The van der Waals surface area contributed by atoms with Crippen molar-refractivity contribution in [3.63, 3.8) is 0 Å². The molecular formula is C29H25N2O+. The Morgan fingerprint density at radius 3 is 2.53 bits per heavy atom. The molecule has 5 rings (SSSR count). The molecule has 0 spiro atoms. The van der Waals surface area contributed by atoms with Gasteiger partial charge in [0.1, 0.15) is 18.2 Å². The molecule has 0 atom stereocenters. The number of hydrogen-bond acceptors (Lipinski definition) is 1. The average molecular weight is 422 g/mol. The summed E-state index contributed by atoms with van der Waals surface area (Å²) in [5, 5.41) is 1.71. The van der Waals surface area contributed by atoms with Crippen LogP contribution in [0, 0.1) is 34.2 Å². The molecule has 0 aliphatic rings. The summed E-state index contributed by atoms with van der Waals surface area (Å²) in [6.45, 7) is 10.6. The maximum Gasteiger partial charge on any atom is 0.216 e. The van der Waals surface area contributed by atoms with Crippen LogP contribution in [0.5, 0.6) is 0 Å². The fraction of sp³-hybridized carbons (Fsp3) is 0.172. The van der Waals surface area contributed by atoms with Crippen molar-refractivity contribution in [2.45, 2.75) is 27.6 Å². The van der Waals surface area contributed by atoms with Crippen LogP contribution in [0.15, 0.2) is 65.1 Å². The highest BCUT2D eigenvalue weighted by atomic mass is 16.3. The van der Waals surface area contributed by atoms with Gasteiger partial charge in [-0.25, -0.2) is 4.85 Å². The standard InChI is InChI=1S/C29H25N2O/c1-17-15-25(31(6)20(4)19(17)3)27-18(2)14-23(21-10-8-7-9-11-21)28-24-16-22(30-5)12-13-26(24)32-29(27)28/h7-16H,1-4,6H3/q+1/i3D3,15D. The summed E-state index contributed by atoms with van der Waals surface area (Å²) in [6, 6.07) is 17.7. The summed E-state index contributed by atoms with van der Waals surface area (Å²) in [4.78, 5) is 3.61. The zero-order valence-electron chi connectivity index (χ0n) is 22.5. The lowest BCUT2D eigenvalue weighted by atomic mass is 9.91. The molecule has 0 fully saturated rings. The van der Waals surface area contributed by atoms with Gasteiger partial charge in [0.05, 0.1) is 13.5 Å². The predicted octanol–water partition coefficient (Wildman–Crippen LogP) is 7.53. The van der Waals surface area contributed by atoms with E-state index in [0.29, 0.717) is 33.8 Å². The van der Waals surface area contributed by atoms with E-state index < -0.39 is 6.85 Å². The number of nitrogens with zero attached hydrogens (tertiary/aromatic N) is 2. The maximum absolute atomic E-state index is 9.03. The molecule has 0 saturated carbocycles. The molecule has 156 valence electrons. The summed E-state index contributed by atoms with van der Waals surface area (Å²) in [5.74, 6) is 0. The van der Waals surface area contributed by atoms with Crippen molar-refractivity contribution >= 4 is 27.6 Å². The number of hydrogen-bond donors (Lipinski definition) is 0. The Hall–Kier alpha value is -3.90. The van der Waals surface area contributed by atoms with Crippen molar-refractivity contribution < 1.29 is 14.5 Å². The van der Waals surface area contributed by atoms with E-state index in [9.17, 15) is 0 Å². The first-order chi connectivity index (χ1) is 17.0. The summed E-state index contributed by atoms with van der Waals surface area (Å²) >= 11 is 0. The van der Waals surface area contributed by atoms with Gasteiger partial charge in [0.15, 0.2) is 11.4 Å². The van der Waals surface area contributed by atoms with Crippen LogP contribution in [0.4, 0.5) is 5.69 Å². The minimum atomic E-state index is -2.32. The molecule has 3 heteroatoms. The van der Waals surface area contributed by atoms with Crippen LogP contribution in [0.25, 0.3) is 49.2 Å². The van der Waals surface area contributed by atoms with Gasteiger partial charge in [-0.2, -0.15) is 4.57 Å². The largest absolute Gasteiger partial charge is 0.455 e. The van der Waals surface area contributed by atoms with E-state index in [0.717, 1.165) is 33.0 Å². The molecule has 0 aliphatic heterocycles. The normalized spacial score (nSPS) is 13.5. The number of pyridine rings is 1. The molecule has 0 unspecified atom stereocenters. The third kappa shape index (κ3) is 2.92. The molecule has 0 saturated heterocycles. The van der Waals surface area contributed by atoms with Crippen molar-refractivity contribution in [2.24, 2.45) is 7.05 Å². The van der Waals surface area contributed by atoms with E-state index >= 15 is 0 Å². The topological polar surface area (TPSA) is 21.4 Å². The number of aryl methyl sites for hydroxylation is 1. The monoisotopic (exact) mass is 421 g/mol. The fourth-order valence-electron chi connectivity index (χ4n) is 4.44. The van der Waals surface area contributed by atoms with Crippen molar-refractivity contribution in [2.75, 3.05) is 0 Å². The molecule has 3 aromatic carbocycles. The Kier molecular flexibility index (Phi) is 3.64. The Bertz CT molecular complexity index is 1700. The van der Waals surface area contributed by atoms with Gasteiger partial charge < -0.3 is 4.42 Å².